The lowest BCUT2D eigenvalue weighted by Gasteiger charge is -2.21. The van der Waals surface area contributed by atoms with Gasteiger partial charge in [-0.3, -0.25) is 0 Å². The highest BCUT2D eigenvalue weighted by Gasteiger charge is 2.31. The van der Waals surface area contributed by atoms with Crippen molar-refractivity contribution in [2.45, 2.75) is 25.2 Å². The van der Waals surface area contributed by atoms with Gasteiger partial charge in [0.15, 0.2) is 0 Å². The zero-order chi connectivity index (χ0) is 11.7. The van der Waals surface area contributed by atoms with Crippen molar-refractivity contribution >= 4 is 5.82 Å². The molecule has 88 valence electrons. The number of hydrogen-bond acceptors (Lipinski definition) is 5. The van der Waals surface area contributed by atoms with Crippen molar-refractivity contribution in [1.29, 1.82) is 0 Å². The van der Waals surface area contributed by atoms with E-state index in [0.717, 1.165) is 11.4 Å². The number of nitrogens with zero attached hydrogens (tertiary/aromatic N) is 2. The Labute approximate surface area is 94.5 Å². The molecule has 1 aromatic heterocycles. The smallest absolute Gasteiger partial charge is 0.133 e. The van der Waals surface area contributed by atoms with Crippen molar-refractivity contribution in [2.24, 2.45) is 5.73 Å². The number of nitrogens with two attached hydrogens (primary N) is 1. The molecule has 2 heterocycles. The summed E-state index contributed by atoms with van der Waals surface area (Å²) in [4.78, 5) is 6.14. The second-order valence-corrected chi connectivity index (χ2v) is 4.24. The topological polar surface area (TPSA) is 82.6 Å². The van der Waals surface area contributed by atoms with E-state index in [1.807, 2.05) is 24.0 Å². The fourth-order valence-electron chi connectivity index (χ4n) is 1.97. The molecule has 0 radical (unpaired) electrons. The predicted octanol–water partition coefficient (Wildman–Crippen LogP) is -0.357. The summed E-state index contributed by atoms with van der Waals surface area (Å²) in [6.07, 6.45) is 0.282. The summed E-state index contributed by atoms with van der Waals surface area (Å²) in [7, 11) is 0. The lowest BCUT2D eigenvalue weighted by Crippen LogP contribution is -2.25. The number of aliphatic hydroxyl groups is 2. The Kier molecular flexibility index (Phi) is 3.09. The fraction of sp³-hybridized carbons (Fsp3) is 0.545. The molecule has 2 rings (SSSR count). The Bertz CT molecular complexity index is 360. The predicted molar refractivity (Wildman–Crippen MR) is 61.1 cm³/mol. The zero-order valence-corrected chi connectivity index (χ0v) is 9.24. The van der Waals surface area contributed by atoms with Crippen LogP contribution in [0.1, 0.15) is 18.5 Å². The molecule has 1 aromatic rings. The Morgan fingerprint density at radius 3 is 2.62 bits per heavy atom. The maximum Gasteiger partial charge on any atom is 0.133 e. The number of aromatic nitrogens is 1. The van der Waals surface area contributed by atoms with Gasteiger partial charge in [0.2, 0.25) is 0 Å². The molecule has 0 amide bonds. The summed E-state index contributed by atoms with van der Waals surface area (Å²) >= 11 is 0. The van der Waals surface area contributed by atoms with E-state index in [4.69, 9.17) is 5.73 Å². The van der Waals surface area contributed by atoms with Crippen molar-refractivity contribution < 1.29 is 10.2 Å². The maximum atomic E-state index is 9.51. The average molecular weight is 223 g/mol. The molecule has 4 N–H and O–H groups in total. The molecule has 5 heteroatoms. The zero-order valence-electron chi connectivity index (χ0n) is 9.24. The molecular formula is C11H17N3O2. The number of aliphatic hydroxyl groups excluding tert-OH is 2. The van der Waals surface area contributed by atoms with Crippen LogP contribution in [-0.2, 0) is 0 Å². The van der Waals surface area contributed by atoms with E-state index in [1.54, 1.807) is 6.20 Å². The molecule has 16 heavy (non-hydrogen) atoms. The minimum Gasteiger partial charge on any atom is -0.389 e. The van der Waals surface area contributed by atoms with Crippen LogP contribution in [0.15, 0.2) is 18.3 Å². The van der Waals surface area contributed by atoms with Gasteiger partial charge >= 0.3 is 0 Å². The Hall–Kier alpha value is -1.17. The second-order valence-electron chi connectivity index (χ2n) is 4.24. The van der Waals surface area contributed by atoms with Gasteiger partial charge in [0.05, 0.1) is 12.2 Å². The molecule has 3 unspecified atom stereocenters. The van der Waals surface area contributed by atoms with E-state index in [9.17, 15) is 10.2 Å². The van der Waals surface area contributed by atoms with E-state index < -0.39 is 12.2 Å². The lowest BCUT2D eigenvalue weighted by molar-refractivity contribution is 0.0572. The number of hydrogen-bond donors (Lipinski definition) is 3. The number of rotatable bonds is 2. The third-order valence-corrected chi connectivity index (χ3v) is 2.87. The highest BCUT2D eigenvalue weighted by molar-refractivity contribution is 5.49. The van der Waals surface area contributed by atoms with Gasteiger partial charge in [-0.05, 0) is 13.0 Å². The summed E-state index contributed by atoms with van der Waals surface area (Å²) < 4.78 is 0. The largest absolute Gasteiger partial charge is 0.389 e. The van der Waals surface area contributed by atoms with Gasteiger partial charge in [-0.15, -0.1) is 0 Å². The second kappa shape index (κ2) is 4.37. The Morgan fingerprint density at radius 1 is 1.44 bits per heavy atom. The van der Waals surface area contributed by atoms with E-state index >= 15 is 0 Å². The maximum absolute atomic E-state index is 9.51. The third kappa shape index (κ3) is 2.02. The molecule has 3 atom stereocenters. The molecule has 1 fully saturated rings. The highest BCUT2D eigenvalue weighted by Crippen LogP contribution is 2.25. The van der Waals surface area contributed by atoms with Crippen LogP contribution in [0.5, 0.6) is 0 Å². The van der Waals surface area contributed by atoms with Gasteiger partial charge < -0.3 is 20.8 Å². The van der Waals surface area contributed by atoms with E-state index in [0.29, 0.717) is 13.1 Å². The van der Waals surface area contributed by atoms with Crippen LogP contribution >= 0.6 is 0 Å². The monoisotopic (exact) mass is 223 g/mol. The molecule has 5 nitrogen and oxygen atoms in total. The molecule has 0 saturated carbocycles. The molecule has 1 aliphatic rings. The first kappa shape index (κ1) is 11.3. The van der Waals surface area contributed by atoms with Crippen LogP contribution in [0.3, 0.4) is 0 Å². The van der Waals surface area contributed by atoms with Crippen molar-refractivity contribution in [3.8, 4) is 0 Å². The van der Waals surface area contributed by atoms with Crippen LogP contribution in [0.2, 0.25) is 0 Å². The number of pyridine rings is 1. The van der Waals surface area contributed by atoms with Crippen molar-refractivity contribution in [2.75, 3.05) is 18.0 Å². The van der Waals surface area contributed by atoms with Gasteiger partial charge in [-0.1, -0.05) is 6.07 Å². The number of anilines is 1. The normalized spacial score (nSPS) is 27.1. The van der Waals surface area contributed by atoms with Crippen LogP contribution in [-0.4, -0.2) is 40.5 Å². The van der Waals surface area contributed by atoms with Gasteiger partial charge in [0, 0.05) is 30.9 Å². The first-order valence-electron chi connectivity index (χ1n) is 5.41. The SMILES string of the molecule is CC(N)c1cccnc1N1CC(O)C(O)C1. The lowest BCUT2D eigenvalue weighted by atomic mass is 10.1. The van der Waals surface area contributed by atoms with Crippen LogP contribution < -0.4 is 10.6 Å². The van der Waals surface area contributed by atoms with Gasteiger partial charge in [0.1, 0.15) is 5.82 Å². The Morgan fingerprint density at radius 2 is 2.06 bits per heavy atom. The molecule has 0 bridgehead atoms. The average Bonchev–Trinajstić information content (AvgIpc) is 2.59. The molecule has 0 aromatic carbocycles. The summed E-state index contributed by atoms with van der Waals surface area (Å²) in [6.45, 7) is 2.69. The minimum atomic E-state index is -0.706. The van der Waals surface area contributed by atoms with E-state index in [2.05, 4.69) is 4.98 Å². The highest BCUT2D eigenvalue weighted by atomic mass is 16.3. The summed E-state index contributed by atoms with van der Waals surface area (Å²) in [5.41, 5.74) is 6.79. The van der Waals surface area contributed by atoms with Gasteiger partial charge in [-0.25, -0.2) is 4.98 Å². The molecule has 0 aliphatic carbocycles. The van der Waals surface area contributed by atoms with Crippen molar-refractivity contribution in [3.63, 3.8) is 0 Å². The van der Waals surface area contributed by atoms with Crippen LogP contribution in [0.4, 0.5) is 5.82 Å². The molecule has 0 spiro atoms. The molecular weight excluding hydrogens is 206 g/mol. The molecule has 1 aliphatic heterocycles. The number of β-amino-alcohol motifs (C(OH)–C–C–N with tert-alkyl or cyclic N) is 2. The Balaban J connectivity index is 2.27. The first-order chi connectivity index (χ1) is 7.59. The van der Waals surface area contributed by atoms with Crippen LogP contribution in [0.25, 0.3) is 0 Å². The van der Waals surface area contributed by atoms with Gasteiger partial charge in [-0.2, -0.15) is 0 Å². The quantitative estimate of drug-likeness (QED) is 0.638. The fourth-order valence-corrected chi connectivity index (χ4v) is 1.97. The van der Waals surface area contributed by atoms with E-state index in [-0.39, 0.29) is 6.04 Å². The summed E-state index contributed by atoms with van der Waals surface area (Å²) in [5, 5.41) is 19.0. The van der Waals surface area contributed by atoms with Crippen LogP contribution in [0, 0.1) is 0 Å². The van der Waals surface area contributed by atoms with E-state index in [1.165, 1.54) is 0 Å². The first-order valence-corrected chi connectivity index (χ1v) is 5.41. The standard InChI is InChI=1S/C11H17N3O2/c1-7(12)8-3-2-4-13-11(8)14-5-9(15)10(16)6-14/h2-4,7,9-10,15-16H,5-6,12H2,1H3. The third-order valence-electron chi connectivity index (χ3n) is 2.87. The van der Waals surface area contributed by atoms with Crippen molar-refractivity contribution in [3.05, 3.63) is 23.9 Å². The summed E-state index contributed by atoms with van der Waals surface area (Å²) in [5.74, 6) is 0.758. The summed E-state index contributed by atoms with van der Waals surface area (Å²) in [6, 6.07) is 3.65. The molecule has 1 saturated heterocycles. The minimum absolute atomic E-state index is 0.112. The van der Waals surface area contributed by atoms with Crippen molar-refractivity contribution in [1.82, 2.24) is 4.98 Å². The van der Waals surface area contributed by atoms with Gasteiger partial charge in [0.25, 0.3) is 0 Å².